The maximum atomic E-state index is 13.1. The second-order valence-corrected chi connectivity index (χ2v) is 5.55. The first-order valence-corrected chi connectivity index (χ1v) is 7.66. The number of hydrogen-bond donors (Lipinski definition) is 1. The van der Waals surface area contributed by atoms with Crippen molar-refractivity contribution in [3.05, 3.63) is 34.6 Å². The maximum Gasteiger partial charge on any atom is 0.141 e. The number of nitrogens with one attached hydrogen (secondary N) is 1. The minimum Gasteiger partial charge on any atom is -0.317 e. The summed E-state index contributed by atoms with van der Waals surface area (Å²) in [4.78, 5) is 0. The van der Waals surface area contributed by atoms with Crippen molar-refractivity contribution in [2.75, 3.05) is 7.05 Å². The van der Waals surface area contributed by atoms with Gasteiger partial charge >= 0.3 is 0 Å². The zero-order valence-electron chi connectivity index (χ0n) is 12.0. The average molecular weight is 286 g/mol. The van der Waals surface area contributed by atoms with Gasteiger partial charge in [0.1, 0.15) is 5.82 Å². The van der Waals surface area contributed by atoms with Crippen molar-refractivity contribution in [2.45, 2.75) is 57.9 Å². The average Bonchev–Trinajstić information content (AvgIpc) is 2.41. The van der Waals surface area contributed by atoms with Gasteiger partial charge in [0.15, 0.2) is 0 Å². The first-order chi connectivity index (χ1) is 9.17. The van der Waals surface area contributed by atoms with Gasteiger partial charge in [-0.15, -0.1) is 0 Å². The Bertz CT molecular complexity index is 368. The zero-order chi connectivity index (χ0) is 14.1. The van der Waals surface area contributed by atoms with Crippen LogP contribution in [-0.2, 0) is 6.42 Å². The van der Waals surface area contributed by atoms with Gasteiger partial charge in [-0.05, 0) is 37.6 Å². The molecule has 0 heterocycles. The van der Waals surface area contributed by atoms with Crippen LogP contribution in [0.2, 0.25) is 5.02 Å². The lowest BCUT2D eigenvalue weighted by Crippen LogP contribution is -2.27. The van der Waals surface area contributed by atoms with Gasteiger partial charge in [-0.25, -0.2) is 4.39 Å². The molecule has 0 aliphatic heterocycles. The molecule has 0 aromatic heterocycles. The van der Waals surface area contributed by atoms with Gasteiger partial charge in [0, 0.05) is 6.04 Å². The molecule has 0 saturated carbocycles. The van der Waals surface area contributed by atoms with Crippen LogP contribution >= 0.6 is 11.6 Å². The van der Waals surface area contributed by atoms with Crippen LogP contribution in [0, 0.1) is 5.82 Å². The van der Waals surface area contributed by atoms with Gasteiger partial charge in [-0.3, -0.25) is 0 Å². The molecule has 1 atom stereocenters. The van der Waals surface area contributed by atoms with Crippen molar-refractivity contribution in [3.8, 4) is 0 Å². The van der Waals surface area contributed by atoms with Gasteiger partial charge in [0.05, 0.1) is 5.02 Å². The fourth-order valence-electron chi connectivity index (χ4n) is 2.29. The smallest absolute Gasteiger partial charge is 0.141 e. The standard InChI is InChI=1S/C16H25ClFN/c1-3-4-5-6-7-8-14(19-2)11-13-9-10-16(18)15(17)12-13/h9-10,12,14,19H,3-8,11H2,1-2H3. The van der Waals surface area contributed by atoms with E-state index in [2.05, 4.69) is 12.2 Å². The molecule has 0 fully saturated rings. The Hall–Kier alpha value is -0.600. The highest BCUT2D eigenvalue weighted by molar-refractivity contribution is 6.30. The molecule has 0 aliphatic carbocycles. The number of halogens is 2. The van der Waals surface area contributed by atoms with Gasteiger partial charge in [-0.2, -0.15) is 0 Å². The number of unbranched alkanes of at least 4 members (excludes halogenated alkanes) is 4. The number of likely N-dealkylation sites (N-methyl/N-ethyl adjacent to an activating group) is 1. The minimum atomic E-state index is -0.342. The van der Waals surface area contributed by atoms with E-state index in [1.54, 1.807) is 6.07 Å². The molecule has 1 rings (SSSR count). The SMILES string of the molecule is CCCCCCCC(Cc1ccc(F)c(Cl)c1)NC. The molecule has 19 heavy (non-hydrogen) atoms. The summed E-state index contributed by atoms with van der Waals surface area (Å²) in [6.45, 7) is 2.23. The van der Waals surface area contributed by atoms with E-state index in [4.69, 9.17) is 11.6 Å². The van der Waals surface area contributed by atoms with Crippen molar-refractivity contribution in [3.63, 3.8) is 0 Å². The largest absolute Gasteiger partial charge is 0.317 e. The topological polar surface area (TPSA) is 12.0 Å². The Morgan fingerprint density at radius 3 is 2.58 bits per heavy atom. The predicted molar refractivity (Wildman–Crippen MR) is 81.3 cm³/mol. The van der Waals surface area contributed by atoms with Crippen LogP contribution in [0.15, 0.2) is 18.2 Å². The third kappa shape index (κ3) is 6.40. The van der Waals surface area contributed by atoms with Crippen molar-refractivity contribution in [2.24, 2.45) is 0 Å². The fourth-order valence-corrected chi connectivity index (χ4v) is 2.50. The summed E-state index contributed by atoms with van der Waals surface area (Å²) in [6, 6.07) is 5.45. The Balaban J connectivity index is 2.36. The van der Waals surface area contributed by atoms with E-state index in [9.17, 15) is 4.39 Å². The monoisotopic (exact) mass is 285 g/mol. The summed E-state index contributed by atoms with van der Waals surface area (Å²) in [5.74, 6) is -0.342. The Labute approximate surface area is 121 Å². The number of hydrogen-bond acceptors (Lipinski definition) is 1. The Morgan fingerprint density at radius 2 is 1.95 bits per heavy atom. The summed E-state index contributed by atoms with van der Waals surface area (Å²) >= 11 is 5.81. The normalized spacial score (nSPS) is 12.6. The number of rotatable bonds is 9. The molecular weight excluding hydrogens is 261 g/mol. The van der Waals surface area contributed by atoms with E-state index in [-0.39, 0.29) is 10.8 Å². The van der Waals surface area contributed by atoms with Gasteiger partial charge in [0.25, 0.3) is 0 Å². The highest BCUT2D eigenvalue weighted by Gasteiger charge is 2.08. The molecule has 1 aromatic carbocycles. The summed E-state index contributed by atoms with van der Waals surface area (Å²) in [7, 11) is 1.99. The first-order valence-electron chi connectivity index (χ1n) is 7.28. The molecule has 1 N–H and O–H groups in total. The molecule has 0 spiro atoms. The van der Waals surface area contributed by atoms with Crippen LogP contribution in [0.4, 0.5) is 4.39 Å². The van der Waals surface area contributed by atoms with Crippen LogP contribution in [0.1, 0.15) is 51.0 Å². The molecule has 0 bridgehead atoms. The van der Waals surface area contributed by atoms with E-state index in [0.717, 1.165) is 18.4 Å². The van der Waals surface area contributed by atoms with Crippen molar-refractivity contribution >= 4 is 11.6 Å². The van der Waals surface area contributed by atoms with E-state index < -0.39 is 0 Å². The second-order valence-electron chi connectivity index (χ2n) is 5.14. The lowest BCUT2D eigenvalue weighted by atomic mass is 10.00. The molecule has 1 unspecified atom stereocenters. The second kappa shape index (κ2) is 9.33. The van der Waals surface area contributed by atoms with E-state index in [1.165, 1.54) is 38.2 Å². The minimum absolute atomic E-state index is 0.218. The van der Waals surface area contributed by atoms with Crippen molar-refractivity contribution < 1.29 is 4.39 Å². The lowest BCUT2D eigenvalue weighted by Gasteiger charge is -2.16. The predicted octanol–water partition coefficient (Wildman–Crippen LogP) is 4.97. The Morgan fingerprint density at radius 1 is 1.21 bits per heavy atom. The van der Waals surface area contributed by atoms with E-state index >= 15 is 0 Å². The lowest BCUT2D eigenvalue weighted by molar-refractivity contribution is 0.481. The molecular formula is C16H25ClFN. The quantitative estimate of drug-likeness (QED) is 0.632. The highest BCUT2D eigenvalue weighted by Crippen LogP contribution is 2.18. The number of benzene rings is 1. The molecule has 108 valence electrons. The summed E-state index contributed by atoms with van der Waals surface area (Å²) in [6.07, 6.45) is 8.56. The summed E-state index contributed by atoms with van der Waals surface area (Å²) in [5, 5.41) is 3.56. The van der Waals surface area contributed by atoms with Gasteiger partial charge < -0.3 is 5.32 Å². The molecule has 0 amide bonds. The van der Waals surface area contributed by atoms with Crippen LogP contribution in [0.3, 0.4) is 0 Å². The highest BCUT2D eigenvalue weighted by atomic mass is 35.5. The third-order valence-corrected chi connectivity index (χ3v) is 3.82. The maximum absolute atomic E-state index is 13.1. The molecule has 1 nitrogen and oxygen atoms in total. The Kier molecular flexibility index (Phi) is 8.08. The third-order valence-electron chi connectivity index (χ3n) is 3.53. The van der Waals surface area contributed by atoms with Crippen molar-refractivity contribution in [1.29, 1.82) is 0 Å². The molecule has 0 saturated heterocycles. The molecule has 0 radical (unpaired) electrons. The van der Waals surface area contributed by atoms with Crippen LogP contribution < -0.4 is 5.32 Å². The molecule has 1 aromatic rings. The van der Waals surface area contributed by atoms with Crippen LogP contribution in [0.5, 0.6) is 0 Å². The van der Waals surface area contributed by atoms with Gasteiger partial charge in [-0.1, -0.05) is 56.7 Å². The molecule has 0 aliphatic rings. The van der Waals surface area contributed by atoms with Crippen molar-refractivity contribution in [1.82, 2.24) is 5.32 Å². The summed E-state index contributed by atoms with van der Waals surface area (Å²) in [5.41, 5.74) is 1.10. The summed E-state index contributed by atoms with van der Waals surface area (Å²) < 4.78 is 13.1. The fraction of sp³-hybridized carbons (Fsp3) is 0.625. The zero-order valence-corrected chi connectivity index (χ0v) is 12.8. The van der Waals surface area contributed by atoms with Gasteiger partial charge in [0.2, 0.25) is 0 Å². The van der Waals surface area contributed by atoms with E-state index in [1.807, 2.05) is 13.1 Å². The van der Waals surface area contributed by atoms with E-state index in [0.29, 0.717) is 6.04 Å². The van der Waals surface area contributed by atoms with Crippen LogP contribution in [0.25, 0.3) is 0 Å². The molecule has 3 heteroatoms. The van der Waals surface area contributed by atoms with Crippen LogP contribution in [-0.4, -0.2) is 13.1 Å². The first kappa shape index (κ1) is 16.5.